The molecule has 0 aromatic carbocycles. The van der Waals surface area contributed by atoms with Crippen LogP contribution in [0.4, 0.5) is 0 Å². The second-order valence-electron chi connectivity index (χ2n) is 8.81. The van der Waals surface area contributed by atoms with E-state index in [1.165, 1.54) is 19.3 Å². The molecule has 6 heteroatoms. The minimum absolute atomic E-state index is 0.167. The Balaban J connectivity index is 0.000000396. The highest BCUT2D eigenvalue weighted by Gasteiger charge is 2.15. The summed E-state index contributed by atoms with van der Waals surface area (Å²) in [5, 5.41) is 8.06. The lowest BCUT2D eigenvalue weighted by atomic mass is 10.2. The highest BCUT2D eigenvalue weighted by molar-refractivity contribution is 4.63. The highest BCUT2D eigenvalue weighted by Crippen LogP contribution is 2.12. The molecule has 0 radical (unpaired) electrons. The van der Waals surface area contributed by atoms with Gasteiger partial charge in [0.05, 0.1) is 37.6 Å². The van der Waals surface area contributed by atoms with E-state index in [1.54, 1.807) is 13.8 Å². The molecule has 0 spiro atoms. The van der Waals surface area contributed by atoms with Gasteiger partial charge in [-0.3, -0.25) is 0 Å². The van der Waals surface area contributed by atoms with Crippen molar-refractivity contribution in [3.05, 3.63) is 0 Å². The largest absolute Gasteiger partial charge is 0.394 e. The minimum Gasteiger partial charge on any atom is -0.394 e. The summed E-state index contributed by atoms with van der Waals surface area (Å²) in [6.07, 6.45) is 9.78. The summed E-state index contributed by atoms with van der Waals surface area (Å²) in [4.78, 5) is 0. The van der Waals surface area contributed by atoms with E-state index in [0.717, 1.165) is 65.3 Å². The van der Waals surface area contributed by atoms with Crippen LogP contribution < -0.4 is 0 Å². The Morgan fingerprint density at radius 1 is 0.600 bits per heavy atom. The molecular formula is C24H50O6. The molecule has 2 atom stereocenters. The summed E-state index contributed by atoms with van der Waals surface area (Å²) < 4.78 is 26.7. The molecule has 0 saturated carbocycles. The molecule has 3 rings (SSSR count). The van der Waals surface area contributed by atoms with Crippen LogP contribution in [0.25, 0.3) is 0 Å². The zero-order valence-electron chi connectivity index (χ0n) is 20.6. The van der Waals surface area contributed by atoms with Crippen molar-refractivity contribution in [1.29, 1.82) is 0 Å². The van der Waals surface area contributed by atoms with Crippen molar-refractivity contribution in [3.8, 4) is 0 Å². The first-order chi connectivity index (χ1) is 14.3. The van der Waals surface area contributed by atoms with Crippen LogP contribution in [0.1, 0.15) is 86.5 Å². The summed E-state index contributed by atoms with van der Waals surface area (Å²) in [5.74, 6) is 0. The second kappa shape index (κ2) is 20.7. The van der Waals surface area contributed by atoms with E-state index in [-0.39, 0.29) is 6.10 Å². The van der Waals surface area contributed by atoms with Crippen molar-refractivity contribution >= 4 is 0 Å². The molecule has 1 unspecified atom stereocenters. The van der Waals surface area contributed by atoms with Crippen LogP contribution in [0, 0.1) is 0 Å². The summed E-state index contributed by atoms with van der Waals surface area (Å²) in [7, 11) is 0. The van der Waals surface area contributed by atoms with Gasteiger partial charge in [0.25, 0.3) is 0 Å². The van der Waals surface area contributed by atoms with Crippen molar-refractivity contribution in [1.82, 2.24) is 0 Å². The van der Waals surface area contributed by atoms with Crippen molar-refractivity contribution in [2.75, 3.05) is 39.6 Å². The lowest BCUT2D eigenvalue weighted by molar-refractivity contribution is -0.0730. The number of aliphatic hydroxyl groups excluding tert-OH is 1. The molecule has 1 N–H and O–H groups in total. The van der Waals surface area contributed by atoms with Gasteiger partial charge in [0.15, 0.2) is 0 Å². The number of hydrogen-bond acceptors (Lipinski definition) is 6. The Kier molecular flexibility index (Phi) is 20.5. The number of aliphatic hydroxyl groups is 1. The maximum Gasteiger partial charge on any atom is 0.0812 e. The van der Waals surface area contributed by atoms with E-state index in [2.05, 4.69) is 27.7 Å². The maximum atomic E-state index is 8.06. The van der Waals surface area contributed by atoms with Crippen LogP contribution in [-0.4, -0.2) is 75.3 Å². The molecule has 0 aromatic heterocycles. The van der Waals surface area contributed by atoms with E-state index < -0.39 is 0 Å². The molecule has 3 fully saturated rings. The average Bonchev–Trinajstić information content (AvgIpc) is 2.70. The molecular weight excluding hydrogens is 384 g/mol. The van der Waals surface area contributed by atoms with E-state index >= 15 is 0 Å². The number of ether oxygens (including phenoxy) is 5. The molecule has 0 aliphatic carbocycles. The first kappa shape index (κ1) is 29.8. The Bertz CT molecular complexity index is 294. The van der Waals surface area contributed by atoms with Crippen molar-refractivity contribution in [3.63, 3.8) is 0 Å². The van der Waals surface area contributed by atoms with Gasteiger partial charge in [-0.2, -0.15) is 0 Å². The summed E-state index contributed by atoms with van der Waals surface area (Å²) in [6.45, 7) is 17.1. The van der Waals surface area contributed by atoms with E-state index in [0.29, 0.717) is 24.4 Å². The van der Waals surface area contributed by atoms with Gasteiger partial charge in [-0.1, -0.05) is 0 Å². The van der Waals surface area contributed by atoms with Gasteiger partial charge in [-0.25, -0.2) is 0 Å². The molecule has 0 amide bonds. The smallest absolute Gasteiger partial charge is 0.0812 e. The van der Waals surface area contributed by atoms with Crippen LogP contribution in [0.2, 0.25) is 0 Å². The third kappa shape index (κ3) is 22.4. The predicted molar refractivity (Wildman–Crippen MR) is 122 cm³/mol. The van der Waals surface area contributed by atoms with Crippen LogP contribution in [0.5, 0.6) is 0 Å². The van der Waals surface area contributed by atoms with E-state index in [4.69, 9.17) is 28.8 Å². The number of hydrogen-bond donors (Lipinski definition) is 1. The van der Waals surface area contributed by atoms with Crippen LogP contribution >= 0.6 is 0 Å². The van der Waals surface area contributed by atoms with Crippen LogP contribution in [0.15, 0.2) is 0 Å². The first-order valence-electron chi connectivity index (χ1n) is 12.0. The molecule has 3 saturated heterocycles. The second-order valence-corrected chi connectivity index (χ2v) is 8.81. The zero-order valence-corrected chi connectivity index (χ0v) is 20.6. The lowest BCUT2D eigenvalue weighted by Crippen LogP contribution is -2.27. The fourth-order valence-corrected chi connectivity index (χ4v) is 3.09. The summed E-state index contributed by atoms with van der Waals surface area (Å²) in [6, 6.07) is 0. The standard InChI is InChI=1S/2C8H16O2.C5H10O.C3H8O/c2*1-7(2)10-8-4-3-5-9-6-8;1-2-4-6-5-3-1;1-3(2)4/h2*7-8H,3-6H2,1-2H3;1-5H2;3-4H,1-2H3/t8-;;;/m0.../s1. The molecule has 182 valence electrons. The normalized spacial score (nSPS) is 24.2. The van der Waals surface area contributed by atoms with Crippen molar-refractivity contribution in [2.24, 2.45) is 0 Å². The Labute approximate surface area is 185 Å². The maximum absolute atomic E-state index is 8.06. The predicted octanol–water partition coefficient (Wildman–Crippen LogP) is 4.75. The molecule has 0 aromatic rings. The molecule has 3 heterocycles. The quantitative estimate of drug-likeness (QED) is 0.688. The highest BCUT2D eigenvalue weighted by atomic mass is 16.5. The topological polar surface area (TPSA) is 66.4 Å². The van der Waals surface area contributed by atoms with Crippen LogP contribution in [0.3, 0.4) is 0 Å². The summed E-state index contributed by atoms with van der Waals surface area (Å²) in [5.41, 5.74) is 0. The van der Waals surface area contributed by atoms with E-state index in [9.17, 15) is 0 Å². The SMILES string of the molecule is C1CCOCC1.CC(C)O.CC(C)OC1CCCOC1.CC(C)O[C@H]1CCCOC1. The van der Waals surface area contributed by atoms with Crippen molar-refractivity contribution in [2.45, 2.75) is 117 Å². The fraction of sp³-hybridized carbons (Fsp3) is 1.00. The molecule has 6 nitrogen and oxygen atoms in total. The Morgan fingerprint density at radius 3 is 1.17 bits per heavy atom. The van der Waals surface area contributed by atoms with Crippen LogP contribution in [-0.2, 0) is 23.7 Å². The van der Waals surface area contributed by atoms with Gasteiger partial charge >= 0.3 is 0 Å². The molecule has 0 bridgehead atoms. The van der Waals surface area contributed by atoms with Gasteiger partial charge in [0, 0.05) is 32.5 Å². The van der Waals surface area contributed by atoms with Gasteiger partial charge in [0.2, 0.25) is 0 Å². The van der Waals surface area contributed by atoms with Gasteiger partial charge in [0.1, 0.15) is 0 Å². The monoisotopic (exact) mass is 434 g/mol. The molecule has 30 heavy (non-hydrogen) atoms. The lowest BCUT2D eigenvalue weighted by Gasteiger charge is -2.24. The minimum atomic E-state index is -0.167. The van der Waals surface area contributed by atoms with Gasteiger partial charge in [-0.05, 0) is 86.5 Å². The van der Waals surface area contributed by atoms with Gasteiger partial charge in [-0.15, -0.1) is 0 Å². The Hall–Kier alpha value is -0.240. The van der Waals surface area contributed by atoms with Crippen molar-refractivity contribution < 1.29 is 28.8 Å². The fourth-order valence-electron chi connectivity index (χ4n) is 3.09. The summed E-state index contributed by atoms with van der Waals surface area (Å²) >= 11 is 0. The molecule has 3 aliphatic rings. The molecule has 3 aliphatic heterocycles. The number of rotatable bonds is 4. The average molecular weight is 435 g/mol. The van der Waals surface area contributed by atoms with E-state index in [1.807, 2.05) is 0 Å². The Morgan fingerprint density at radius 2 is 0.967 bits per heavy atom. The third-order valence-electron chi connectivity index (χ3n) is 4.24. The first-order valence-corrected chi connectivity index (χ1v) is 12.0. The zero-order chi connectivity index (χ0) is 22.6. The van der Waals surface area contributed by atoms with Gasteiger partial charge < -0.3 is 28.8 Å². The third-order valence-corrected chi connectivity index (χ3v) is 4.24.